The van der Waals surface area contributed by atoms with E-state index in [1.165, 1.54) is 0 Å². The summed E-state index contributed by atoms with van der Waals surface area (Å²) < 4.78 is 8.45. The van der Waals surface area contributed by atoms with Crippen LogP contribution in [-0.4, -0.2) is 20.6 Å². The van der Waals surface area contributed by atoms with Gasteiger partial charge in [-0.2, -0.15) is 0 Å². The monoisotopic (exact) mass is 465 g/mol. The number of fused-ring (bicyclic) bond motifs is 3. The van der Waals surface area contributed by atoms with Gasteiger partial charge in [0, 0.05) is 34.0 Å². The van der Waals surface area contributed by atoms with Gasteiger partial charge in [0.2, 0.25) is 0 Å². The molecule has 0 atom stereocenters. The Morgan fingerprint density at radius 2 is 1.88 bits per heavy atom. The van der Waals surface area contributed by atoms with Gasteiger partial charge in [-0.25, -0.2) is 9.78 Å². The third-order valence-electron chi connectivity index (χ3n) is 4.99. The minimum Gasteiger partial charge on any atom is -0.359 e. The van der Waals surface area contributed by atoms with Crippen molar-refractivity contribution in [3.8, 4) is 11.3 Å². The zero-order valence-electron chi connectivity index (χ0n) is 17.6. The Balaban J connectivity index is 1.29. The van der Waals surface area contributed by atoms with Crippen LogP contribution in [0.25, 0.3) is 26.4 Å². The number of nitrogens with zero attached hydrogens (tertiary/aromatic N) is 3. The van der Waals surface area contributed by atoms with Gasteiger partial charge in [0.25, 0.3) is 0 Å². The fraction of sp³-hybridized carbons (Fsp3) is 0.174. The van der Waals surface area contributed by atoms with Crippen LogP contribution >= 0.6 is 22.9 Å². The maximum atomic E-state index is 12.3. The number of urea groups is 1. The Morgan fingerprint density at radius 1 is 1.09 bits per heavy atom. The predicted molar refractivity (Wildman–Crippen MR) is 129 cm³/mol. The molecule has 9 heteroatoms. The first-order valence-corrected chi connectivity index (χ1v) is 11.2. The normalized spacial score (nSPS) is 11.9. The molecule has 0 spiro atoms. The summed E-state index contributed by atoms with van der Waals surface area (Å²) >= 11 is 7.69. The molecule has 0 aliphatic rings. The van der Waals surface area contributed by atoms with Gasteiger partial charge in [-0.05, 0) is 30.3 Å². The van der Waals surface area contributed by atoms with E-state index in [1.807, 2.05) is 69.4 Å². The maximum Gasteiger partial charge on any atom is 0.324 e. The number of rotatable bonds is 3. The molecule has 3 heterocycles. The molecule has 0 saturated carbocycles. The second-order valence-corrected chi connectivity index (χ2v) is 9.92. The standard InChI is InChI=1S/C23H20ClN5O2S/c1-23(2,3)19-11-20(28-31-19)27-21(30)25-15-7-4-13(5-8-15)16-12-29-17-9-6-14(24)10-18(17)32-22(29)26-16/h4-12H,1-3H3,(H2,25,27,28,30). The number of halogens is 1. The van der Waals surface area contributed by atoms with Gasteiger partial charge in [0.05, 0.1) is 15.9 Å². The average molecular weight is 466 g/mol. The summed E-state index contributed by atoms with van der Waals surface area (Å²) in [4.78, 5) is 17.9. The van der Waals surface area contributed by atoms with Gasteiger partial charge in [-0.3, -0.25) is 9.72 Å². The summed E-state index contributed by atoms with van der Waals surface area (Å²) in [6.45, 7) is 6.04. The summed E-state index contributed by atoms with van der Waals surface area (Å²) in [7, 11) is 0. The van der Waals surface area contributed by atoms with E-state index in [2.05, 4.69) is 20.2 Å². The minimum atomic E-state index is -0.390. The number of aromatic nitrogens is 3. The molecule has 162 valence electrons. The molecular formula is C23H20ClN5O2S. The molecule has 0 unspecified atom stereocenters. The molecule has 2 aromatic carbocycles. The Bertz CT molecular complexity index is 1440. The molecule has 0 aliphatic heterocycles. The molecule has 7 nitrogen and oxygen atoms in total. The number of carbonyl (C=O) groups is 1. The molecule has 2 amide bonds. The highest BCUT2D eigenvalue weighted by Crippen LogP contribution is 2.31. The third-order valence-corrected chi connectivity index (χ3v) is 6.24. The SMILES string of the molecule is CC(C)(C)c1cc(NC(=O)Nc2ccc(-c3cn4c(n3)sc3cc(Cl)ccc34)cc2)no1. The van der Waals surface area contributed by atoms with Crippen LogP contribution in [0.2, 0.25) is 5.02 Å². The zero-order chi connectivity index (χ0) is 22.5. The Morgan fingerprint density at radius 3 is 2.59 bits per heavy atom. The molecule has 5 aromatic rings. The van der Waals surface area contributed by atoms with Crippen molar-refractivity contribution in [2.24, 2.45) is 0 Å². The van der Waals surface area contributed by atoms with Crippen LogP contribution in [0, 0.1) is 0 Å². The van der Waals surface area contributed by atoms with E-state index in [1.54, 1.807) is 17.4 Å². The highest BCUT2D eigenvalue weighted by molar-refractivity contribution is 7.23. The van der Waals surface area contributed by atoms with Crippen LogP contribution < -0.4 is 10.6 Å². The van der Waals surface area contributed by atoms with Crippen molar-refractivity contribution in [3.05, 3.63) is 65.5 Å². The molecule has 32 heavy (non-hydrogen) atoms. The number of nitrogens with one attached hydrogen (secondary N) is 2. The molecule has 5 rings (SSSR count). The summed E-state index contributed by atoms with van der Waals surface area (Å²) in [5, 5.41) is 10.1. The zero-order valence-corrected chi connectivity index (χ0v) is 19.2. The van der Waals surface area contributed by atoms with Crippen molar-refractivity contribution >= 4 is 55.7 Å². The van der Waals surface area contributed by atoms with Crippen LogP contribution in [0.1, 0.15) is 26.5 Å². The van der Waals surface area contributed by atoms with Crippen molar-refractivity contribution in [2.45, 2.75) is 26.2 Å². The van der Waals surface area contributed by atoms with Crippen molar-refractivity contribution in [1.82, 2.24) is 14.5 Å². The van der Waals surface area contributed by atoms with E-state index in [9.17, 15) is 4.79 Å². The molecule has 0 radical (unpaired) electrons. The van der Waals surface area contributed by atoms with E-state index in [-0.39, 0.29) is 11.4 Å². The summed E-state index contributed by atoms with van der Waals surface area (Å²) in [5.41, 5.74) is 3.37. The summed E-state index contributed by atoms with van der Waals surface area (Å²) in [6, 6.07) is 14.7. The smallest absolute Gasteiger partial charge is 0.324 e. The predicted octanol–water partition coefficient (Wildman–Crippen LogP) is 6.80. The number of amides is 2. The Labute approximate surface area is 193 Å². The highest BCUT2D eigenvalue weighted by Gasteiger charge is 2.20. The van der Waals surface area contributed by atoms with Gasteiger partial charge < -0.3 is 9.84 Å². The lowest BCUT2D eigenvalue weighted by Gasteiger charge is -2.12. The number of anilines is 2. The molecule has 3 aromatic heterocycles. The maximum absolute atomic E-state index is 12.3. The first kappa shape index (κ1) is 20.5. The van der Waals surface area contributed by atoms with E-state index >= 15 is 0 Å². The van der Waals surface area contributed by atoms with E-state index in [4.69, 9.17) is 21.1 Å². The minimum absolute atomic E-state index is 0.180. The molecule has 0 saturated heterocycles. The number of carbonyl (C=O) groups excluding carboxylic acids is 1. The number of hydrogen-bond acceptors (Lipinski definition) is 5. The summed E-state index contributed by atoms with van der Waals surface area (Å²) in [5.74, 6) is 1.07. The van der Waals surface area contributed by atoms with Gasteiger partial charge in [-0.1, -0.05) is 61.0 Å². The lowest BCUT2D eigenvalue weighted by atomic mass is 9.93. The van der Waals surface area contributed by atoms with Crippen LogP contribution in [0.15, 0.2) is 59.3 Å². The second-order valence-electron chi connectivity index (χ2n) is 8.48. The molecule has 0 aliphatic carbocycles. The van der Waals surface area contributed by atoms with E-state index in [0.29, 0.717) is 22.3 Å². The molecule has 0 bridgehead atoms. The van der Waals surface area contributed by atoms with Crippen LogP contribution in [0.4, 0.5) is 16.3 Å². The molecular weight excluding hydrogens is 446 g/mol. The summed E-state index contributed by atoms with van der Waals surface area (Å²) in [6.07, 6.45) is 2.01. The Hall–Kier alpha value is -3.36. The van der Waals surface area contributed by atoms with Crippen LogP contribution in [-0.2, 0) is 5.41 Å². The van der Waals surface area contributed by atoms with Gasteiger partial charge in [-0.15, -0.1) is 0 Å². The number of imidazole rings is 1. The highest BCUT2D eigenvalue weighted by atomic mass is 35.5. The van der Waals surface area contributed by atoms with Gasteiger partial charge in [0.1, 0.15) is 5.76 Å². The van der Waals surface area contributed by atoms with Crippen molar-refractivity contribution < 1.29 is 9.32 Å². The average Bonchev–Trinajstić information content (AvgIpc) is 3.42. The largest absolute Gasteiger partial charge is 0.359 e. The van der Waals surface area contributed by atoms with Gasteiger partial charge >= 0.3 is 6.03 Å². The first-order valence-electron chi connectivity index (χ1n) is 9.99. The van der Waals surface area contributed by atoms with E-state index in [0.717, 1.165) is 26.4 Å². The second kappa shape index (κ2) is 7.65. The van der Waals surface area contributed by atoms with Crippen molar-refractivity contribution in [1.29, 1.82) is 0 Å². The fourth-order valence-electron chi connectivity index (χ4n) is 3.30. The number of hydrogen-bond donors (Lipinski definition) is 2. The molecule has 0 fully saturated rings. The first-order chi connectivity index (χ1) is 15.3. The van der Waals surface area contributed by atoms with Crippen LogP contribution in [0.5, 0.6) is 0 Å². The lowest BCUT2D eigenvalue weighted by Crippen LogP contribution is -2.19. The third kappa shape index (κ3) is 3.94. The fourth-order valence-corrected chi connectivity index (χ4v) is 4.59. The lowest BCUT2D eigenvalue weighted by molar-refractivity contribution is 0.262. The van der Waals surface area contributed by atoms with Gasteiger partial charge in [0.15, 0.2) is 10.8 Å². The molecule has 2 N–H and O–H groups in total. The van der Waals surface area contributed by atoms with Crippen molar-refractivity contribution in [2.75, 3.05) is 10.6 Å². The van der Waals surface area contributed by atoms with E-state index < -0.39 is 0 Å². The van der Waals surface area contributed by atoms with Crippen molar-refractivity contribution in [3.63, 3.8) is 0 Å². The topological polar surface area (TPSA) is 84.5 Å². The van der Waals surface area contributed by atoms with Crippen LogP contribution in [0.3, 0.4) is 0 Å². The Kier molecular flexibility index (Phi) is 4.91. The number of benzene rings is 2. The quantitative estimate of drug-likeness (QED) is 0.307. The number of thiazole rings is 1.